The number of rotatable bonds is 6. The number of unbranched alkanes of at least 4 members (excludes halogenated alkanes) is 2. The van der Waals surface area contributed by atoms with Crippen molar-refractivity contribution in [1.82, 2.24) is 5.32 Å². The smallest absolute Gasteiger partial charge is 0.220 e. The van der Waals surface area contributed by atoms with Gasteiger partial charge in [0.15, 0.2) is 0 Å². The van der Waals surface area contributed by atoms with Gasteiger partial charge in [0.25, 0.3) is 0 Å². The fourth-order valence-electron chi connectivity index (χ4n) is 2.27. The summed E-state index contributed by atoms with van der Waals surface area (Å²) >= 11 is 0. The molecule has 0 bridgehead atoms. The molecule has 1 rings (SSSR count). The average molecular weight is 227 g/mol. The molecule has 0 aliphatic heterocycles. The second kappa shape index (κ2) is 6.89. The van der Waals surface area contributed by atoms with Crippen LogP contribution in [0.2, 0.25) is 0 Å². The number of amides is 1. The van der Waals surface area contributed by atoms with Crippen molar-refractivity contribution in [3.8, 4) is 0 Å². The number of aliphatic hydroxyl groups is 1. The molecule has 0 heterocycles. The number of carbonyl (C=O) groups excluding carboxylic acids is 1. The van der Waals surface area contributed by atoms with Crippen molar-refractivity contribution in [1.29, 1.82) is 0 Å². The third-order valence-corrected chi connectivity index (χ3v) is 3.41. The van der Waals surface area contributed by atoms with Gasteiger partial charge in [-0.3, -0.25) is 4.79 Å². The zero-order chi connectivity index (χ0) is 11.9. The lowest BCUT2D eigenvalue weighted by Gasteiger charge is -2.32. The molecule has 1 aliphatic rings. The first kappa shape index (κ1) is 13.5. The quantitative estimate of drug-likeness (QED) is 0.684. The first-order chi connectivity index (χ1) is 7.66. The SMILES string of the molecule is CCCCCC(=O)NCC1(O)CCCCC1. The van der Waals surface area contributed by atoms with E-state index < -0.39 is 5.60 Å². The summed E-state index contributed by atoms with van der Waals surface area (Å²) in [5, 5.41) is 13.0. The first-order valence-corrected chi connectivity index (χ1v) is 6.65. The summed E-state index contributed by atoms with van der Waals surface area (Å²) in [4.78, 5) is 11.5. The summed E-state index contributed by atoms with van der Waals surface area (Å²) in [6.45, 7) is 2.57. The lowest BCUT2D eigenvalue weighted by molar-refractivity contribution is -0.122. The van der Waals surface area contributed by atoms with Crippen LogP contribution in [0, 0.1) is 0 Å². The van der Waals surface area contributed by atoms with Gasteiger partial charge in [-0.2, -0.15) is 0 Å². The average Bonchev–Trinajstić information content (AvgIpc) is 2.28. The summed E-state index contributed by atoms with van der Waals surface area (Å²) in [6.07, 6.45) is 8.86. The molecule has 0 radical (unpaired) electrons. The number of nitrogens with one attached hydrogen (secondary N) is 1. The Morgan fingerprint density at radius 1 is 1.25 bits per heavy atom. The first-order valence-electron chi connectivity index (χ1n) is 6.65. The Bertz CT molecular complexity index is 210. The zero-order valence-electron chi connectivity index (χ0n) is 10.4. The minimum atomic E-state index is -0.626. The summed E-state index contributed by atoms with van der Waals surface area (Å²) in [5.41, 5.74) is -0.626. The molecule has 1 aliphatic carbocycles. The van der Waals surface area contributed by atoms with Gasteiger partial charge in [0, 0.05) is 13.0 Å². The molecule has 0 aromatic carbocycles. The largest absolute Gasteiger partial charge is 0.388 e. The number of hydrogen-bond donors (Lipinski definition) is 2. The highest BCUT2D eigenvalue weighted by Gasteiger charge is 2.29. The number of hydrogen-bond acceptors (Lipinski definition) is 2. The van der Waals surface area contributed by atoms with Gasteiger partial charge in [0.1, 0.15) is 0 Å². The number of carbonyl (C=O) groups is 1. The molecule has 16 heavy (non-hydrogen) atoms. The van der Waals surface area contributed by atoms with Gasteiger partial charge in [0.2, 0.25) is 5.91 Å². The standard InChI is InChI=1S/C13H25NO2/c1-2-3-5-8-12(15)14-11-13(16)9-6-4-7-10-13/h16H,2-11H2,1H3,(H,14,15). The minimum Gasteiger partial charge on any atom is -0.388 e. The molecule has 94 valence electrons. The van der Waals surface area contributed by atoms with Crippen LogP contribution in [0.5, 0.6) is 0 Å². The van der Waals surface area contributed by atoms with Crippen LogP contribution in [0.4, 0.5) is 0 Å². The fourth-order valence-corrected chi connectivity index (χ4v) is 2.27. The molecule has 0 saturated heterocycles. The highest BCUT2D eigenvalue weighted by Crippen LogP contribution is 2.27. The Labute approximate surface area is 98.6 Å². The van der Waals surface area contributed by atoms with Crippen molar-refractivity contribution in [2.24, 2.45) is 0 Å². The highest BCUT2D eigenvalue weighted by atomic mass is 16.3. The van der Waals surface area contributed by atoms with Crippen molar-refractivity contribution in [3.05, 3.63) is 0 Å². The Morgan fingerprint density at radius 3 is 2.56 bits per heavy atom. The van der Waals surface area contributed by atoms with Crippen LogP contribution in [0.25, 0.3) is 0 Å². The molecule has 0 aromatic heterocycles. The lowest BCUT2D eigenvalue weighted by Crippen LogP contribution is -2.44. The van der Waals surface area contributed by atoms with Gasteiger partial charge in [-0.05, 0) is 19.3 Å². The zero-order valence-corrected chi connectivity index (χ0v) is 10.4. The molecule has 3 heteroatoms. The van der Waals surface area contributed by atoms with Crippen LogP contribution in [0.1, 0.15) is 64.7 Å². The molecule has 1 fully saturated rings. The van der Waals surface area contributed by atoms with Crippen molar-refractivity contribution < 1.29 is 9.90 Å². The van der Waals surface area contributed by atoms with Crippen LogP contribution in [-0.2, 0) is 4.79 Å². The second-order valence-corrected chi connectivity index (χ2v) is 5.02. The summed E-state index contributed by atoms with van der Waals surface area (Å²) < 4.78 is 0. The lowest BCUT2D eigenvalue weighted by atomic mass is 9.85. The molecule has 2 N–H and O–H groups in total. The van der Waals surface area contributed by atoms with Gasteiger partial charge in [-0.1, -0.05) is 39.0 Å². The Balaban J connectivity index is 2.14. The second-order valence-electron chi connectivity index (χ2n) is 5.02. The molecule has 3 nitrogen and oxygen atoms in total. The van der Waals surface area contributed by atoms with Gasteiger partial charge >= 0.3 is 0 Å². The van der Waals surface area contributed by atoms with Crippen LogP contribution in [0.3, 0.4) is 0 Å². The molecule has 0 unspecified atom stereocenters. The maximum absolute atomic E-state index is 11.5. The molecule has 0 aromatic rings. The predicted molar refractivity (Wildman–Crippen MR) is 65.2 cm³/mol. The fraction of sp³-hybridized carbons (Fsp3) is 0.923. The van der Waals surface area contributed by atoms with Crippen molar-refractivity contribution in [2.45, 2.75) is 70.3 Å². The van der Waals surface area contributed by atoms with Crippen LogP contribution in [0.15, 0.2) is 0 Å². The van der Waals surface area contributed by atoms with E-state index in [1.165, 1.54) is 6.42 Å². The van der Waals surface area contributed by atoms with Crippen molar-refractivity contribution >= 4 is 5.91 Å². The van der Waals surface area contributed by atoms with Gasteiger partial charge in [-0.25, -0.2) is 0 Å². The normalized spacial score (nSPS) is 19.4. The van der Waals surface area contributed by atoms with E-state index in [-0.39, 0.29) is 5.91 Å². The van der Waals surface area contributed by atoms with E-state index in [0.29, 0.717) is 13.0 Å². The molecule has 1 amide bonds. The van der Waals surface area contributed by atoms with Crippen LogP contribution >= 0.6 is 0 Å². The Hall–Kier alpha value is -0.570. The molecule has 0 spiro atoms. The third-order valence-electron chi connectivity index (χ3n) is 3.41. The van der Waals surface area contributed by atoms with Gasteiger partial charge in [0.05, 0.1) is 5.60 Å². The monoisotopic (exact) mass is 227 g/mol. The van der Waals surface area contributed by atoms with E-state index in [4.69, 9.17) is 0 Å². The van der Waals surface area contributed by atoms with Crippen molar-refractivity contribution in [3.63, 3.8) is 0 Å². The highest BCUT2D eigenvalue weighted by molar-refractivity contribution is 5.75. The molecular weight excluding hydrogens is 202 g/mol. The van der Waals surface area contributed by atoms with E-state index in [0.717, 1.165) is 44.9 Å². The van der Waals surface area contributed by atoms with Gasteiger partial charge in [-0.15, -0.1) is 0 Å². The maximum atomic E-state index is 11.5. The van der Waals surface area contributed by atoms with E-state index in [9.17, 15) is 9.90 Å². The molecular formula is C13H25NO2. The molecule has 1 saturated carbocycles. The van der Waals surface area contributed by atoms with Crippen molar-refractivity contribution in [2.75, 3.05) is 6.54 Å². The van der Waals surface area contributed by atoms with Crippen LogP contribution < -0.4 is 5.32 Å². The summed E-state index contributed by atoms with van der Waals surface area (Å²) in [7, 11) is 0. The van der Waals surface area contributed by atoms with E-state index in [1.807, 2.05) is 0 Å². The van der Waals surface area contributed by atoms with Crippen LogP contribution in [-0.4, -0.2) is 23.2 Å². The van der Waals surface area contributed by atoms with E-state index >= 15 is 0 Å². The third kappa shape index (κ3) is 4.97. The summed E-state index contributed by atoms with van der Waals surface area (Å²) in [6, 6.07) is 0. The maximum Gasteiger partial charge on any atom is 0.220 e. The van der Waals surface area contributed by atoms with E-state index in [2.05, 4.69) is 12.2 Å². The minimum absolute atomic E-state index is 0.0902. The molecule has 0 atom stereocenters. The Kier molecular flexibility index (Phi) is 5.81. The topological polar surface area (TPSA) is 49.3 Å². The van der Waals surface area contributed by atoms with Gasteiger partial charge < -0.3 is 10.4 Å². The van der Waals surface area contributed by atoms with E-state index in [1.54, 1.807) is 0 Å². The predicted octanol–water partition coefficient (Wildman–Crippen LogP) is 2.38. The summed E-state index contributed by atoms with van der Waals surface area (Å²) in [5.74, 6) is 0.0902. The Morgan fingerprint density at radius 2 is 1.94 bits per heavy atom.